The Bertz CT molecular complexity index is 271. The molecule has 0 unspecified atom stereocenters. The van der Waals surface area contributed by atoms with Crippen molar-refractivity contribution in [3.63, 3.8) is 0 Å². The normalized spacial score (nSPS) is 9.27. The van der Waals surface area contributed by atoms with Gasteiger partial charge in [-0.05, 0) is 18.2 Å². The second-order valence-electron chi connectivity index (χ2n) is 2.17. The number of nitrogens with one attached hydrogen (secondary N) is 2. The summed E-state index contributed by atoms with van der Waals surface area (Å²) in [6, 6.07) is 5.65. The minimum absolute atomic E-state index is 0.861. The number of thiol groups is 1. The highest BCUT2D eigenvalue weighted by molar-refractivity contribution is 7.80. The number of hydrogen-bond acceptors (Lipinski definition) is 3. The van der Waals surface area contributed by atoms with Gasteiger partial charge in [0.1, 0.15) is 0 Å². The van der Waals surface area contributed by atoms with Crippen LogP contribution in [0.3, 0.4) is 0 Å². The molecular formula is C8H10N2S. The Labute approximate surface area is 71.6 Å². The molecule has 0 bridgehead atoms. The number of anilines is 1. The van der Waals surface area contributed by atoms with Crippen LogP contribution in [0.1, 0.15) is 5.56 Å². The highest BCUT2D eigenvalue weighted by atomic mass is 32.1. The molecule has 0 aliphatic carbocycles. The Morgan fingerprint density at radius 1 is 1.55 bits per heavy atom. The van der Waals surface area contributed by atoms with Crippen LogP contribution in [0.25, 0.3) is 0 Å². The van der Waals surface area contributed by atoms with Crippen LogP contribution in [-0.2, 0) is 0 Å². The maximum atomic E-state index is 7.09. The third-order valence-corrected chi connectivity index (χ3v) is 1.74. The van der Waals surface area contributed by atoms with E-state index in [1.165, 1.54) is 6.21 Å². The fraction of sp³-hybridized carbons (Fsp3) is 0.125. The zero-order valence-electron chi connectivity index (χ0n) is 6.26. The molecule has 0 aliphatic rings. The van der Waals surface area contributed by atoms with Crippen molar-refractivity contribution < 1.29 is 0 Å². The average molecular weight is 166 g/mol. The molecule has 0 amide bonds. The van der Waals surface area contributed by atoms with Crippen molar-refractivity contribution in [2.45, 2.75) is 4.90 Å². The molecule has 3 heteroatoms. The summed E-state index contributed by atoms with van der Waals surface area (Å²) in [5, 5.41) is 10.1. The third-order valence-electron chi connectivity index (χ3n) is 1.46. The predicted molar refractivity (Wildman–Crippen MR) is 51.1 cm³/mol. The van der Waals surface area contributed by atoms with Gasteiger partial charge in [0.15, 0.2) is 0 Å². The Morgan fingerprint density at radius 2 is 2.27 bits per heavy atom. The van der Waals surface area contributed by atoms with Crippen LogP contribution in [0.5, 0.6) is 0 Å². The fourth-order valence-electron chi connectivity index (χ4n) is 0.897. The van der Waals surface area contributed by atoms with Gasteiger partial charge in [-0.2, -0.15) is 0 Å². The van der Waals surface area contributed by atoms with Gasteiger partial charge in [-0.1, -0.05) is 0 Å². The minimum Gasteiger partial charge on any atom is -0.388 e. The summed E-state index contributed by atoms with van der Waals surface area (Å²) in [5.41, 5.74) is 1.82. The van der Waals surface area contributed by atoms with Crippen molar-refractivity contribution in [1.82, 2.24) is 0 Å². The van der Waals surface area contributed by atoms with E-state index in [0.717, 1.165) is 16.1 Å². The molecule has 11 heavy (non-hydrogen) atoms. The molecule has 0 aromatic heterocycles. The quantitative estimate of drug-likeness (QED) is 0.456. The molecule has 2 nitrogen and oxygen atoms in total. The van der Waals surface area contributed by atoms with E-state index in [9.17, 15) is 0 Å². The molecule has 1 rings (SSSR count). The van der Waals surface area contributed by atoms with Crippen molar-refractivity contribution in [2.24, 2.45) is 0 Å². The molecule has 0 saturated carbocycles. The van der Waals surface area contributed by atoms with Crippen LogP contribution in [-0.4, -0.2) is 13.3 Å². The highest BCUT2D eigenvalue weighted by Gasteiger charge is 1.96. The highest BCUT2D eigenvalue weighted by Crippen LogP contribution is 2.16. The van der Waals surface area contributed by atoms with E-state index < -0.39 is 0 Å². The van der Waals surface area contributed by atoms with Crippen molar-refractivity contribution in [3.8, 4) is 0 Å². The van der Waals surface area contributed by atoms with Crippen molar-refractivity contribution in [2.75, 3.05) is 12.4 Å². The smallest absolute Gasteiger partial charge is 0.0427 e. The molecule has 58 valence electrons. The molecule has 0 atom stereocenters. The van der Waals surface area contributed by atoms with Gasteiger partial charge >= 0.3 is 0 Å². The first-order valence-corrected chi connectivity index (χ1v) is 3.74. The maximum Gasteiger partial charge on any atom is 0.0427 e. The van der Waals surface area contributed by atoms with Crippen molar-refractivity contribution in [1.29, 1.82) is 5.41 Å². The topological polar surface area (TPSA) is 35.9 Å². The van der Waals surface area contributed by atoms with Crippen LogP contribution in [0, 0.1) is 5.41 Å². The lowest BCUT2D eigenvalue weighted by Gasteiger charge is -2.03. The Balaban J connectivity index is 3.16. The molecule has 0 saturated heterocycles. The monoisotopic (exact) mass is 166 g/mol. The largest absolute Gasteiger partial charge is 0.388 e. The van der Waals surface area contributed by atoms with E-state index >= 15 is 0 Å². The van der Waals surface area contributed by atoms with Gasteiger partial charge in [0.25, 0.3) is 0 Å². The van der Waals surface area contributed by atoms with Crippen LogP contribution in [0.4, 0.5) is 5.69 Å². The summed E-state index contributed by atoms with van der Waals surface area (Å²) < 4.78 is 0. The summed E-state index contributed by atoms with van der Waals surface area (Å²) >= 11 is 4.16. The van der Waals surface area contributed by atoms with Gasteiger partial charge in [-0.15, -0.1) is 12.6 Å². The van der Waals surface area contributed by atoms with Gasteiger partial charge < -0.3 is 10.7 Å². The second kappa shape index (κ2) is 3.44. The maximum absolute atomic E-state index is 7.09. The lowest BCUT2D eigenvalue weighted by atomic mass is 10.2. The zero-order valence-corrected chi connectivity index (χ0v) is 7.15. The van der Waals surface area contributed by atoms with Crippen molar-refractivity contribution in [3.05, 3.63) is 23.8 Å². The van der Waals surface area contributed by atoms with Gasteiger partial charge in [0.2, 0.25) is 0 Å². The van der Waals surface area contributed by atoms with E-state index in [1.54, 1.807) is 0 Å². The average Bonchev–Trinajstić information content (AvgIpc) is 2.04. The van der Waals surface area contributed by atoms with Crippen molar-refractivity contribution >= 4 is 24.5 Å². The fourth-order valence-corrected chi connectivity index (χ4v) is 1.11. The van der Waals surface area contributed by atoms with Crippen LogP contribution in [0.2, 0.25) is 0 Å². The summed E-state index contributed by atoms with van der Waals surface area (Å²) in [4.78, 5) is 0.877. The molecule has 2 N–H and O–H groups in total. The SMILES string of the molecule is CNc1ccc(S)cc1C=N. The minimum atomic E-state index is 0.861. The molecule has 1 aromatic rings. The first-order chi connectivity index (χ1) is 5.27. The Kier molecular flexibility index (Phi) is 2.54. The molecule has 0 fully saturated rings. The lowest BCUT2D eigenvalue weighted by molar-refractivity contribution is 1.40. The summed E-state index contributed by atoms with van der Waals surface area (Å²) in [5.74, 6) is 0. The van der Waals surface area contributed by atoms with E-state index in [4.69, 9.17) is 5.41 Å². The third kappa shape index (κ3) is 1.74. The number of rotatable bonds is 2. The van der Waals surface area contributed by atoms with E-state index in [-0.39, 0.29) is 0 Å². The summed E-state index contributed by atoms with van der Waals surface area (Å²) in [6.07, 6.45) is 1.31. The van der Waals surface area contributed by atoms with Gasteiger partial charge in [-0.25, -0.2) is 0 Å². The second-order valence-corrected chi connectivity index (χ2v) is 2.68. The molecule has 0 spiro atoms. The molecule has 1 aromatic carbocycles. The Morgan fingerprint density at radius 3 is 2.82 bits per heavy atom. The number of benzene rings is 1. The van der Waals surface area contributed by atoms with Crippen LogP contribution < -0.4 is 5.32 Å². The molecule has 0 aliphatic heterocycles. The summed E-state index contributed by atoms with van der Waals surface area (Å²) in [6.45, 7) is 0. The van der Waals surface area contributed by atoms with E-state index in [2.05, 4.69) is 17.9 Å². The molecular weight excluding hydrogens is 156 g/mol. The predicted octanol–water partition coefficient (Wildman–Crippen LogP) is 2.01. The summed E-state index contributed by atoms with van der Waals surface area (Å²) in [7, 11) is 1.83. The lowest BCUT2D eigenvalue weighted by Crippen LogP contribution is -1.93. The van der Waals surface area contributed by atoms with Gasteiger partial charge in [0.05, 0.1) is 0 Å². The first-order valence-electron chi connectivity index (χ1n) is 3.29. The first kappa shape index (κ1) is 8.14. The van der Waals surface area contributed by atoms with Crippen LogP contribution in [0.15, 0.2) is 23.1 Å². The van der Waals surface area contributed by atoms with E-state index in [0.29, 0.717) is 0 Å². The standard InChI is InChI=1S/C8H10N2S/c1-10-8-3-2-7(11)4-6(8)5-9/h2-5,9-11H,1H3. The van der Waals surface area contributed by atoms with Gasteiger partial charge in [0, 0.05) is 29.4 Å². The Hall–Kier alpha value is -0.960. The molecule has 0 heterocycles. The van der Waals surface area contributed by atoms with E-state index in [1.807, 2.05) is 25.2 Å². The molecule has 0 radical (unpaired) electrons. The van der Waals surface area contributed by atoms with Crippen LogP contribution >= 0.6 is 12.6 Å². The number of hydrogen-bond donors (Lipinski definition) is 3. The zero-order chi connectivity index (χ0) is 8.27. The van der Waals surface area contributed by atoms with Gasteiger partial charge in [-0.3, -0.25) is 0 Å².